The zero-order valence-electron chi connectivity index (χ0n) is 13.6. The summed E-state index contributed by atoms with van der Waals surface area (Å²) in [6.45, 7) is 5.48. The highest BCUT2D eigenvalue weighted by molar-refractivity contribution is 5.81. The number of hydrazine groups is 1. The number of carbonyl (C=O) groups excluding carboxylic acids is 3. The van der Waals surface area contributed by atoms with Crippen LogP contribution in [0.2, 0.25) is 0 Å². The molecule has 1 atom stereocenters. The van der Waals surface area contributed by atoms with Gasteiger partial charge in [-0.25, -0.2) is 15.0 Å². The lowest BCUT2D eigenvalue weighted by atomic mass is 10.2. The van der Waals surface area contributed by atoms with Crippen LogP contribution in [0.15, 0.2) is 0 Å². The van der Waals surface area contributed by atoms with E-state index < -0.39 is 29.7 Å². The van der Waals surface area contributed by atoms with Crippen LogP contribution in [0.1, 0.15) is 27.2 Å². The van der Waals surface area contributed by atoms with Gasteiger partial charge < -0.3 is 18.9 Å². The Hall–Kier alpha value is -1.87. The van der Waals surface area contributed by atoms with E-state index >= 15 is 0 Å². The topological polar surface area (TPSA) is 112 Å². The number of hydrogen-bond acceptors (Lipinski definition) is 8. The van der Waals surface area contributed by atoms with Gasteiger partial charge in [0.1, 0.15) is 5.60 Å². The summed E-state index contributed by atoms with van der Waals surface area (Å²) in [5.74, 6) is -1.26. The fourth-order valence-corrected chi connectivity index (χ4v) is 1.27. The molecule has 9 nitrogen and oxygen atoms in total. The normalized spacial score (nSPS) is 12.2. The van der Waals surface area contributed by atoms with Crippen molar-refractivity contribution in [2.45, 2.75) is 38.9 Å². The quantitative estimate of drug-likeness (QED) is 0.281. The predicted octanol–water partition coefficient (Wildman–Crippen LogP) is 0.137. The molecule has 0 radical (unpaired) electrons. The Balaban J connectivity index is 4.01. The van der Waals surface area contributed by atoms with Gasteiger partial charge >= 0.3 is 18.0 Å². The molecule has 0 spiro atoms. The van der Waals surface area contributed by atoms with Gasteiger partial charge in [0.2, 0.25) is 0 Å². The van der Waals surface area contributed by atoms with Gasteiger partial charge in [-0.15, -0.1) is 0 Å². The molecule has 0 fully saturated rings. The fraction of sp³-hybridized carbons (Fsp3) is 0.769. The van der Waals surface area contributed by atoms with E-state index in [1.807, 2.05) is 0 Å². The molecule has 0 aromatic carbocycles. The average molecular weight is 320 g/mol. The highest BCUT2D eigenvalue weighted by Gasteiger charge is 2.23. The highest BCUT2D eigenvalue weighted by Crippen LogP contribution is 2.06. The Kier molecular flexibility index (Phi) is 9.11. The number of carbonyl (C=O) groups is 3. The summed E-state index contributed by atoms with van der Waals surface area (Å²) in [6.07, 6.45) is -1.93. The van der Waals surface area contributed by atoms with Gasteiger partial charge in [0.25, 0.3) is 0 Å². The van der Waals surface area contributed by atoms with Crippen molar-refractivity contribution in [2.75, 3.05) is 27.4 Å². The lowest BCUT2D eigenvalue weighted by molar-refractivity contribution is -0.160. The van der Waals surface area contributed by atoms with Crippen molar-refractivity contribution < 1.29 is 33.3 Å². The summed E-state index contributed by atoms with van der Waals surface area (Å²) in [4.78, 5) is 33.9. The second kappa shape index (κ2) is 9.96. The first-order valence-corrected chi connectivity index (χ1v) is 6.67. The van der Waals surface area contributed by atoms with Crippen molar-refractivity contribution in [3.63, 3.8) is 0 Å². The van der Waals surface area contributed by atoms with Crippen LogP contribution in [0.3, 0.4) is 0 Å². The molecule has 0 aromatic rings. The van der Waals surface area contributed by atoms with Crippen LogP contribution in [0.4, 0.5) is 4.79 Å². The maximum Gasteiger partial charge on any atom is 0.422 e. The third-order valence-corrected chi connectivity index (χ3v) is 2.18. The van der Waals surface area contributed by atoms with Crippen LogP contribution >= 0.6 is 0 Å². The van der Waals surface area contributed by atoms with Crippen molar-refractivity contribution in [3.8, 4) is 0 Å². The lowest BCUT2D eigenvalue weighted by Gasteiger charge is -2.20. The molecule has 0 aliphatic rings. The predicted molar refractivity (Wildman–Crippen MR) is 75.8 cm³/mol. The van der Waals surface area contributed by atoms with E-state index in [4.69, 9.17) is 9.47 Å². The minimum Gasteiger partial charge on any atom is -0.469 e. The summed E-state index contributed by atoms with van der Waals surface area (Å²) in [7, 11) is 2.40. The van der Waals surface area contributed by atoms with E-state index in [9.17, 15) is 14.4 Å². The number of ether oxygens (including phenoxy) is 4. The summed E-state index contributed by atoms with van der Waals surface area (Å²) >= 11 is 0. The largest absolute Gasteiger partial charge is 0.469 e. The Morgan fingerprint density at radius 3 is 2.23 bits per heavy atom. The zero-order chi connectivity index (χ0) is 17.2. The van der Waals surface area contributed by atoms with Crippen LogP contribution in [0.5, 0.6) is 0 Å². The summed E-state index contributed by atoms with van der Waals surface area (Å²) in [5, 5.41) is 0. The highest BCUT2D eigenvalue weighted by atomic mass is 16.6. The molecule has 9 heteroatoms. The monoisotopic (exact) mass is 320 g/mol. The van der Waals surface area contributed by atoms with E-state index in [0.717, 1.165) is 0 Å². The van der Waals surface area contributed by atoms with Crippen molar-refractivity contribution in [3.05, 3.63) is 0 Å². The summed E-state index contributed by atoms with van der Waals surface area (Å²) in [6, 6.07) is 0. The standard InChI is InChI=1S/C13H24N2O7/c1-13(2,3)22-12(18)15-14-6-7-21-9(11(17)20-5)8-10(16)19-4/h9,14H,6-8H2,1-5H3,(H,15,18)/t9-/m0/s1. The van der Waals surface area contributed by atoms with Crippen molar-refractivity contribution in [1.82, 2.24) is 10.9 Å². The fourth-order valence-electron chi connectivity index (χ4n) is 1.27. The Morgan fingerprint density at radius 2 is 1.73 bits per heavy atom. The van der Waals surface area contributed by atoms with Gasteiger partial charge in [0.05, 0.1) is 27.2 Å². The lowest BCUT2D eigenvalue weighted by Crippen LogP contribution is -2.43. The molecule has 0 heterocycles. The molecular formula is C13H24N2O7. The molecule has 22 heavy (non-hydrogen) atoms. The van der Waals surface area contributed by atoms with Gasteiger partial charge in [-0.3, -0.25) is 10.2 Å². The van der Waals surface area contributed by atoms with Crippen LogP contribution in [0, 0.1) is 0 Å². The molecule has 0 aromatic heterocycles. The third-order valence-electron chi connectivity index (χ3n) is 2.18. The van der Waals surface area contributed by atoms with Crippen LogP contribution in [-0.4, -0.2) is 57.1 Å². The van der Waals surface area contributed by atoms with Gasteiger partial charge in [-0.2, -0.15) is 0 Å². The molecule has 0 rings (SSSR count). The molecule has 0 unspecified atom stereocenters. The molecule has 0 aliphatic heterocycles. The molecule has 0 aliphatic carbocycles. The van der Waals surface area contributed by atoms with Crippen LogP contribution in [0.25, 0.3) is 0 Å². The Morgan fingerprint density at radius 1 is 1.09 bits per heavy atom. The third kappa shape index (κ3) is 9.94. The van der Waals surface area contributed by atoms with E-state index in [1.165, 1.54) is 14.2 Å². The maximum absolute atomic E-state index is 11.4. The first kappa shape index (κ1) is 20.1. The Labute approximate surface area is 129 Å². The Bertz CT molecular complexity index is 379. The second-order valence-electron chi connectivity index (χ2n) is 5.22. The van der Waals surface area contributed by atoms with Gasteiger partial charge in [0.15, 0.2) is 6.10 Å². The van der Waals surface area contributed by atoms with Crippen LogP contribution < -0.4 is 10.9 Å². The molecule has 0 saturated heterocycles. The molecule has 128 valence electrons. The van der Waals surface area contributed by atoms with Crippen molar-refractivity contribution in [2.24, 2.45) is 0 Å². The van der Waals surface area contributed by atoms with E-state index in [-0.39, 0.29) is 19.6 Å². The molecule has 0 saturated carbocycles. The van der Waals surface area contributed by atoms with E-state index in [1.54, 1.807) is 20.8 Å². The number of hydrogen-bond donors (Lipinski definition) is 2. The van der Waals surface area contributed by atoms with Crippen molar-refractivity contribution in [1.29, 1.82) is 0 Å². The smallest absolute Gasteiger partial charge is 0.422 e. The maximum atomic E-state index is 11.4. The van der Waals surface area contributed by atoms with Crippen molar-refractivity contribution >= 4 is 18.0 Å². The number of amides is 1. The minimum absolute atomic E-state index is 0.0621. The van der Waals surface area contributed by atoms with E-state index in [0.29, 0.717) is 0 Å². The molecule has 1 amide bonds. The SMILES string of the molecule is COC(=O)C[C@H](OCCNNC(=O)OC(C)(C)C)C(=O)OC. The molecule has 2 N–H and O–H groups in total. The summed E-state index contributed by atoms with van der Waals surface area (Å²) in [5.41, 5.74) is 4.28. The second-order valence-corrected chi connectivity index (χ2v) is 5.22. The van der Waals surface area contributed by atoms with Gasteiger partial charge in [-0.05, 0) is 20.8 Å². The zero-order valence-corrected chi connectivity index (χ0v) is 13.6. The average Bonchev–Trinajstić information content (AvgIpc) is 2.42. The number of nitrogens with one attached hydrogen (secondary N) is 2. The number of esters is 2. The minimum atomic E-state index is -1.05. The summed E-state index contributed by atoms with van der Waals surface area (Å²) < 4.78 is 19.2. The number of methoxy groups -OCH3 is 2. The number of rotatable bonds is 8. The first-order valence-electron chi connectivity index (χ1n) is 6.67. The van der Waals surface area contributed by atoms with Crippen LogP contribution in [-0.2, 0) is 28.5 Å². The first-order chi connectivity index (χ1) is 10.2. The van der Waals surface area contributed by atoms with E-state index in [2.05, 4.69) is 20.3 Å². The van der Waals surface area contributed by atoms with Gasteiger partial charge in [-0.1, -0.05) is 0 Å². The van der Waals surface area contributed by atoms with Gasteiger partial charge in [0, 0.05) is 6.54 Å². The molecule has 0 bridgehead atoms. The molecular weight excluding hydrogens is 296 g/mol.